The molecule has 0 saturated heterocycles. The minimum absolute atomic E-state index is 0.313. The molecule has 0 bridgehead atoms. The second-order valence-corrected chi connectivity index (χ2v) is 7.04. The predicted octanol–water partition coefficient (Wildman–Crippen LogP) is 5.72. The zero-order valence-corrected chi connectivity index (χ0v) is 16.4. The molecule has 0 aliphatic rings. The van der Waals surface area contributed by atoms with Gasteiger partial charge in [0, 0.05) is 16.9 Å². The number of aryl methyl sites for hydroxylation is 1. The molecule has 136 valence electrons. The third kappa shape index (κ3) is 6.19. The minimum Gasteiger partial charge on any atom is -0.455 e. The molecule has 1 heterocycles. The summed E-state index contributed by atoms with van der Waals surface area (Å²) in [4.78, 5) is 16.6. The molecule has 0 spiro atoms. The van der Waals surface area contributed by atoms with Gasteiger partial charge in [0.05, 0.1) is 5.56 Å². The molecule has 0 aliphatic carbocycles. The van der Waals surface area contributed by atoms with Crippen LogP contribution in [0.25, 0.3) is 6.08 Å². The maximum atomic E-state index is 12.4. The summed E-state index contributed by atoms with van der Waals surface area (Å²) in [5, 5.41) is 0. The van der Waals surface area contributed by atoms with Crippen molar-refractivity contribution >= 4 is 28.0 Å². The Morgan fingerprint density at radius 1 is 1.04 bits per heavy atom. The zero-order chi connectivity index (χ0) is 18.9. The van der Waals surface area contributed by atoms with E-state index >= 15 is 0 Å². The Morgan fingerprint density at radius 3 is 2.52 bits per heavy atom. The Kier molecular flexibility index (Phi) is 6.94. The van der Waals surface area contributed by atoms with Crippen molar-refractivity contribution in [3.8, 4) is 0 Å². The molecule has 3 nitrogen and oxygen atoms in total. The lowest BCUT2D eigenvalue weighted by Crippen LogP contribution is -2.17. The first-order chi connectivity index (χ1) is 13.2. The molecular formula is C23H20BrNO2. The molecule has 3 rings (SSSR count). The van der Waals surface area contributed by atoms with E-state index in [1.165, 1.54) is 0 Å². The van der Waals surface area contributed by atoms with E-state index in [4.69, 9.17) is 4.74 Å². The van der Waals surface area contributed by atoms with Crippen LogP contribution in [0.4, 0.5) is 0 Å². The van der Waals surface area contributed by atoms with Gasteiger partial charge in [0.25, 0.3) is 0 Å². The molecule has 0 N–H and O–H groups in total. The van der Waals surface area contributed by atoms with Crippen LogP contribution >= 0.6 is 15.9 Å². The van der Waals surface area contributed by atoms with Crippen LogP contribution in [0.1, 0.15) is 27.9 Å². The van der Waals surface area contributed by atoms with Crippen molar-refractivity contribution in [1.82, 2.24) is 4.98 Å². The van der Waals surface area contributed by atoms with E-state index in [9.17, 15) is 4.79 Å². The highest BCUT2D eigenvalue weighted by atomic mass is 79.9. The van der Waals surface area contributed by atoms with Crippen molar-refractivity contribution in [3.63, 3.8) is 0 Å². The molecule has 27 heavy (non-hydrogen) atoms. The standard InChI is InChI=1S/C23H20BrNO2/c24-21-12-8-18(9-13-21)10-14-22(15-11-19-5-4-16-25-17-19)27-23(26)20-6-2-1-3-7-20/h1-10,12-14,16-17,22H,11,15H2/t22-/m0/s1. The van der Waals surface area contributed by atoms with E-state index in [1.807, 2.05) is 72.9 Å². The van der Waals surface area contributed by atoms with Gasteiger partial charge in [-0.1, -0.05) is 58.4 Å². The molecule has 3 aromatic rings. The maximum Gasteiger partial charge on any atom is 0.338 e. The van der Waals surface area contributed by atoms with E-state index in [-0.39, 0.29) is 12.1 Å². The largest absolute Gasteiger partial charge is 0.455 e. The normalized spacial score (nSPS) is 12.0. The number of hydrogen-bond donors (Lipinski definition) is 0. The van der Waals surface area contributed by atoms with Crippen LogP contribution < -0.4 is 0 Å². The van der Waals surface area contributed by atoms with Crippen LogP contribution in [0.15, 0.2) is 89.7 Å². The summed E-state index contributed by atoms with van der Waals surface area (Å²) in [6.07, 6.45) is 8.68. The Balaban J connectivity index is 1.71. The number of aromatic nitrogens is 1. The van der Waals surface area contributed by atoms with Gasteiger partial charge in [0.1, 0.15) is 6.10 Å². The average molecular weight is 422 g/mol. The van der Waals surface area contributed by atoms with Crippen LogP contribution in [-0.2, 0) is 11.2 Å². The van der Waals surface area contributed by atoms with E-state index in [1.54, 1.807) is 18.3 Å². The van der Waals surface area contributed by atoms with Gasteiger partial charge < -0.3 is 4.74 Å². The molecule has 0 unspecified atom stereocenters. The summed E-state index contributed by atoms with van der Waals surface area (Å²) in [5.41, 5.74) is 2.73. The van der Waals surface area contributed by atoms with Crippen LogP contribution in [0.3, 0.4) is 0 Å². The minimum atomic E-state index is -0.318. The molecule has 4 heteroatoms. The lowest BCUT2D eigenvalue weighted by molar-refractivity contribution is 0.0382. The van der Waals surface area contributed by atoms with Crippen molar-refractivity contribution in [3.05, 3.63) is 106 Å². The van der Waals surface area contributed by atoms with Gasteiger partial charge in [0.2, 0.25) is 0 Å². The number of halogens is 1. The third-order valence-corrected chi connectivity index (χ3v) is 4.61. The van der Waals surface area contributed by atoms with Gasteiger partial charge >= 0.3 is 5.97 Å². The highest BCUT2D eigenvalue weighted by Crippen LogP contribution is 2.15. The molecule has 0 amide bonds. The monoisotopic (exact) mass is 421 g/mol. The molecule has 0 saturated carbocycles. The molecule has 0 aliphatic heterocycles. The highest BCUT2D eigenvalue weighted by Gasteiger charge is 2.13. The molecule has 0 radical (unpaired) electrons. The number of nitrogens with zero attached hydrogens (tertiary/aromatic N) is 1. The highest BCUT2D eigenvalue weighted by molar-refractivity contribution is 9.10. The van der Waals surface area contributed by atoms with Crippen molar-refractivity contribution in [1.29, 1.82) is 0 Å². The van der Waals surface area contributed by atoms with Crippen LogP contribution in [0, 0.1) is 0 Å². The number of hydrogen-bond acceptors (Lipinski definition) is 3. The number of carbonyl (C=O) groups excluding carboxylic acids is 1. The molecule has 2 aromatic carbocycles. The third-order valence-electron chi connectivity index (χ3n) is 4.08. The van der Waals surface area contributed by atoms with E-state index in [0.717, 1.165) is 22.0 Å². The Bertz CT molecular complexity index is 877. The van der Waals surface area contributed by atoms with Crippen LogP contribution in [0.5, 0.6) is 0 Å². The van der Waals surface area contributed by atoms with E-state index in [0.29, 0.717) is 12.0 Å². The summed E-state index contributed by atoms with van der Waals surface area (Å²) in [5.74, 6) is -0.313. The topological polar surface area (TPSA) is 39.2 Å². The second kappa shape index (κ2) is 9.83. The molecule has 0 fully saturated rings. The maximum absolute atomic E-state index is 12.4. The lowest BCUT2D eigenvalue weighted by atomic mass is 10.1. The lowest BCUT2D eigenvalue weighted by Gasteiger charge is -2.15. The Hall–Kier alpha value is -2.72. The molecular weight excluding hydrogens is 402 g/mol. The van der Waals surface area contributed by atoms with E-state index in [2.05, 4.69) is 20.9 Å². The average Bonchev–Trinajstić information content (AvgIpc) is 2.72. The summed E-state index contributed by atoms with van der Waals surface area (Å²) in [6, 6.07) is 21.0. The summed E-state index contributed by atoms with van der Waals surface area (Å²) in [6.45, 7) is 0. The number of pyridine rings is 1. The first-order valence-corrected chi connectivity index (χ1v) is 9.59. The van der Waals surface area contributed by atoms with Crippen molar-refractivity contribution < 1.29 is 9.53 Å². The SMILES string of the molecule is O=C(O[C@@H](C=Cc1ccc(Br)cc1)CCc1cccnc1)c1ccccc1. The van der Waals surface area contributed by atoms with Gasteiger partial charge in [0.15, 0.2) is 0 Å². The quantitative estimate of drug-likeness (QED) is 0.458. The van der Waals surface area contributed by atoms with Gasteiger partial charge in [-0.25, -0.2) is 4.79 Å². The summed E-state index contributed by atoms with van der Waals surface area (Å²) < 4.78 is 6.78. The number of esters is 1. The van der Waals surface area contributed by atoms with Gasteiger partial charge in [-0.05, 0) is 60.4 Å². The zero-order valence-electron chi connectivity index (χ0n) is 14.8. The fraction of sp³-hybridized carbons (Fsp3) is 0.130. The van der Waals surface area contributed by atoms with Gasteiger partial charge in [-0.15, -0.1) is 0 Å². The van der Waals surface area contributed by atoms with Gasteiger partial charge in [-0.3, -0.25) is 4.98 Å². The number of carbonyl (C=O) groups is 1. The number of ether oxygens (including phenoxy) is 1. The van der Waals surface area contributed by atoms with E-state index < -0.39 is 0 Å². The second-order valence-electron chi connectivity index (χ2n) is 6.12. The summed E-state index contributed by atoms with van der Waals surface area (Å²) in [7, 11) is 0. The smallest absolute Gasteiger partial charge is 0.338 e. The fourth-order valence-electron chi connectivity index (χ4n) is 2.62. The Labute approximate surface area is 167 Å². The first-order valence-electron chi connectivity index (χ1n) is 8.79. The molecule has 1 atom stereocenters. The Morgan fingerprint density at radius 2 is 1.81 bits per heavy atom. The van der Waals surface area contributed by atoms with Crippen molar-refractivity contribution in [2.24, 2.45) is 0 Å². The van der Waals surface area contributed by atoms with Crippen molar-refractivity contribution in [2.45, 2.75) is 18.9 Å². The number of rotatable bonds is 7. The fourth-order valence-corrected chi connectivity index (χ4v) is 2.89. The van der Waals surface area contributed by atoms with Crippen molar-refractivity contribution in [2.75, 3.05) is 0 Å². The summed E-state index contributed by atoms with van der Waals surface area (Å²) >= 11 is 3.44. The van der Waals surface area contributed by atoms with Crippen LogP contribution in [0.2, 0.25) is 0 Å². The first kappa shape index (κ1) is 19.1. The number of benzene rings is 2. The van der Waals surface area contributed by atoms with Gasteiger partial charge in [-0.2, -0.15) is 0 Å². The predicted molar refractivity (Wildman–Crippen MR) is 111 cm³/mol. The molecule has 1 aromatic heterocycles. The van der Waals surface area contributed by atoms with Crippen LogP contribution in [-0.4, -0.2) is 17.1 Å².